The molecule has 0 bridgehead atoms. The summed E-state index contributed by atoms with van der Waals surface area (Å²) in [5, 5.41) is 0.437. The number of nitrogens with zero attached hydrogens (tertiary/aromatic N) is 2. The van der Waals surface area contributed by atoms with Crippen LogP contribution >= 0.6 is 11.6 Å². The van der Waals surface area contributed by atoms with Crippen molar-refractivity contribution >= 4 is 29.2 Å². The van der Waals surface area contributed by atoms with Crippen LogP contribution < -0.4 is 21.7 Å². The first-order valence-corrected chi connectivity index (χ1v) is 7.73. The van der Waals surface area contributed by atoms with Crippen molar-refractivity contribution < 1.29 is 19.1 Å². The lowest BCUT2D eigenvalue weighted by Crippen LogP contribution is -2.42. The van der Waals surface area contributed by atoms with Crippen LogP contribution in [0.5, 0.6) is 5.75 Å². The number of benzene rings is 1. The Labute approximate surface area is 152 Å². The fourth-order valence-corrected chi connectivity index (χ4v) is 2.26. The van der Waals surface area contributed by atoms with E-state index in [9.17, 15) is 19.2 Å². The molecule has 0 saturated carbocycles. The number of Topliss-reactive ketones (excluding diaryl/α,β-unsaturated/α-hetero) is 1. The zero-order valence-corrected chi connectivity index (χ0v) is 14.8. The Morgan fingerprint density at radius 2 is 1.85 bits per heavy atom. The van der Waals surface area contributed by atoms with Crippen LogP contribution in [-0.4, -0.2) is 34.1 Å². The van der Waals surface area contributed by atoms with Crippen molar-refractivity contribution in [1.82, 2.24) is 9.13 Å². The van der Waals surface area contributed by atoms with Gasteiger partial charge in [0.15, 0.2) is 13.2 Å². The van der Waals surface area contributed by atoms with Crippen molar-refractivity contribution in [2.45, 2.75) is 0 Å². The van der Waals surface area contributed by atoms with Gasteiger partial charge in [0.2, 0.25) is 5.78 Å². The molecule has 1 heterocycles. The van der Waals surface area contributed by atoms with Crippen LogP contribution in [0.25, 0.3) is 0 Å². The van der Waals surface area contributed by atoms with E-state index >= 15 is 0 Å². The van der Waals surface area contributed by atoms with E-state index in [4.69, 9.17) is 26.8 Å². The topological polar surface area (TPSA) is 123 Å². The van der Waals surface area contributed by atoms with Crippen molar-refractivity contribution in [2.75, 3.05) is 18.9 Å². The number of halogens is 1. The highest BCUT2D eigenvalue weighted by molar-refractivity contribution is 6.30. The van der Waals surface area contributed by atoms with Crippen LogP contribution in [0.3, 0.4) is 0 Å². The summed E-state index contributed by atoms with van der Waals surface area (Å²) in [6.45, 7) is -1.16. The molecular formula is C16H16ClN3O6. The van der Waals surface area contributed by atoms with Crippen LogP contribution in [0, 0.1) is 0 Å². The molecule has 0 saturated heterocycles. The second-order valence-electron chi connectivity index (χ2n) is 5.30. The van der Waals surface area contributed by atoms with Crippen molar-refractivity contribution in [1.29, 1.82) is 0 Å². The first-order valence-electron chi connectivity index (χ1n) is 7.35. The van der Waals surface area contributed by atoms with Crippen LogP contribution in [0.4, 0.5) is 5.82 Å². The number of carbonyl (C=O) groups excluding carboxylic acids is 2. The Hall–Kier alpha value is -3.07. The highest BCUT2D eigenvalue weighted by Crippen LogP contribution is 2.16. The third kappa shape index (κ3) is 4.12. The van der Waals surface area contributed by atoms with Crippen LogP contribution in [0.15, 0.2) is 33.9 Å². The fourth-order valence-electron chi connectivity index (χ4n) is 2.08. The molecule has 0 aliphatic rings. The molecule has 1 aromatic carbocycles. The standard InChI is InChI=1S/C16H16ClN3O6/c1-19-14(18)13(15(23)20(2)16(19)24)11(21)7-26-12(22)8-25-10-5-3-4-9(17)6-10/h3-6H,7-8,18H2,1-2H3. The average Bonchev–Trinajstić information content (AvgIpc) is 2.61. The SMILES string of the molecule is Cn1c(N)c(C(=O)COC(=O)COc2cccc(Cl)c2)c(=O)n(C)c1=O. The van der Waals surface area contributed by atoms with Gasteiger partial charge in [0, 0.05) is 19.1 Å². The van der Waals surface area contributed by atoms with Crippen molar-refractivity contribution in [3.05, 3.63) is 55.7 Å². The quantitative estimate of drug-likeness (QED) is 0.557. The van der Waals surface area contributed by atoms with E-state index in [1.54, 1.807) is 18.2 Å². The van der Waals surface area contributed by atoms with E-state index in [0.717, 1.165) is 9.13 Å². The predicted octanol–water partition coefficient (Wildman–Crippen LogP) is 0.124. The second kappa shape index (κ2) is 7.87. The lowest BCUT2D eigenvalue weighted by atomic mass is 10.2. The number of nitrogens with two attached hydrogens (primary N) is 1. The normalized spacial score (nSPS) is 10.4. The average molecular weight is 382 g/mol. The Bertz CT molecular complexity index is 979. The van der Waals surface area contributed by atoms with E-state index in [0.29, 0.717) is 10.8 Å². The first-order chi connectivity index (χ1) is 12.2. The van der Waals surface area contributed by atoms with Crippen molar-refractivity contribution in [3.8, 4) is 5.75 Å². The summed E-state index contributed by atoms with van der Waals surface area (Å²) in [5.41, 5.74) is 3.71. The maximum absolute atomic E-state index is 12.2. The molecule has 0 atom stereocenters. The minimum Gasteiger partial charge on any atom is -0.482 e. The Balaban J connectivity index is 2.02. The molecule has 9 nitrogen and oxygen atoms in total. The fraction of sp³-hybridized carbons (Fsp3) is 0.250. The molecule has 2 N–H and O–H groups in total. The van der Waals surface area contributed by atoms with E-state index < -0.39 is 41.8 Å². The van der Waals surface area contributed by atoms with Gasteiger partial charge in [-0.3, -0.25) is 18.7 Å². The maximum atomic E-state index is 12.2. The summed E-state index contributed by atoms with van der Waals surface area (Å²) < 4.78 is 11.7. The molecular weight excluding hydrogens is 366 g/mol. The summed E-state index contributed by atoms with van der Waals surface area (Å²) in [7, 11) is 2.53. The molecule has 0 radical (unpaired) electrons. The molecule has 0 amide bonds. The van der Waals surface area contributed by atoms with Crippen LogP contribution in [0.2, 0.25) is 5.02 Å². The minimum atomic E-state index is -0.859. The van der Waals surface area contributed by atoms with E-state index in [-0.39, 0.29) is 5.82 Å². The smallest absolute Gasteiger partial charge is 0.344 e. The summed E-state index contributed by atoms with van der Waals surface area (Å²) >= 11 is 5.79. The number of esters is 1. The van der Waals surface area contributed by atoms with Gasteiger partial charge in [-0.15, -0.1) is 0 Å². The van der Waals surface area contributed by atoms with Gasteiger partial charge in [-0.1, -0.05) is 17.7 Å². The number of hydrogen-bond donors (Lipinski definition) is 1. The Kier molecular flexibility index (Phi) is 5.83. The third-order valence-corrected chi connectivity index (χ3v) is 3.74. The number of hydrogen-bond acceptors (Lipinski definition) is 7. The lowest BCUT2D eigenvalue weighted by molar-refractivity contribution is -0.144. The van der Waals surface area contributed by atoms with Crippen LogP contribution in [0.1, 0.15) is 10.4 Å². The van der Waals surface area contributed by atoms with Gasteiger partial charge in [-0.05, 0) is 18.2 Å². The molecule has 0 unspecified atom stereocenters. The lowest BCUT2D eigenvalue weighted by Gasteiger charge is -2.11. The van der Waals surface area contributed by atoms with Gasteiger partial charge in [0.1, 0.15) is 17.1 Å². The molecule has 1 aromatic heterocycles. The Morgan fingerprint density at radius 3 is 2.50 bits per heavy atom. The number of rotatable bonds is 6. The van der Waals surface area contributed by atoms with E-state index in [2.05, 4.69) is 0 Å². The highest BCUT2D eigenvalue weighted by atomic mass is 35.5. The predicted molar refractivity (Wildman–Crippen MR) is 93.6 cm³/mol. The molecule has 10 heteroatoms. The summed E-state index contributed by atoms with van der Waals surface area (Å²) in [4.78, 5) is 47.7. The molecule has 0 aliphatic heterocycles. The van der Waals surface area contributed by atoms with Crippen molar-refractivity contribution in [3.63, 3.8) is 0 Å². The molecule has 0 spiro atoms. The van der Waals surface area contributed by atoms with E-state index in [1.807, 2.05) is 0 Å². The van der Waals surface area contributed by atoms with Gasteiger partial charge in [0.25, 0.3) is 5.56 Å². The second-order valence-corrected chi connectivity index (χ2v) is 5.73. The Morgan fingerprint density at radius 1 is 1.15 bits per heavy atom. The summed E-state index contributed by atoms with van der Waals surface area (Å²) in [5.74, 6) is -1.58. The molecule has 2 aromatic rings. The van der Waals surface area contributed by atoms with Gasteiger partial charge in [0.05, 0.1) is 0 Å². The zero-order valence-electron chi connectivity index (χ0n) is 14.0. The zero-order chi connectivity index (χ0) is 19.4. The highest BCUT2D eigenvalue weighted by Gasteiger charge is 2.21. The monoisotopic (exact) mass is 381 g/mol. The number of anilines is 1. The van der Waals surface area contributed by atoms with Crippen LogP contribution in [-0.2, 0) is 23.6 Å². The number of ether oxygens (including phenoxy) is 2. The maximum Gasteiger partial charge on any atom is 0.344 e. The first kappa shape index (κ1) is 19.3. The minimum absolute atomic E-state index is 0.297. The van der Waals surface area contributed by atoms with E-state index in [1.165, 1.54) is 20.2 Å². The molecule has 0 aliphatic carbocycles. The van der Waals surface area contributed by atoms with Gasteiger partial charge in [-0.2, -0.15) is 0 Å². The number of aromatic nitrogens is 2. The van der Waals surface area contributed by atoms with Crippen molar-refractivity contribution in [2.24, 2.45) is 14.1 Å². The van der Waals surface area contributed by atoms with Gasteiger partial charge in [-0.25, -0.2) is 9.59 Å². The van der Waals surface area contributed by atoms with Gasteiger partial charge < -0.3 is 15.2 Å². The molecule has 2 rings (SSSR count). The molecule has 0 fully saturated rings. The summed E-state index contributed by atoms with van der Waals surface area (Å²) in [6, 6.07) is 6.39. The number of ketones is 1. The molecule has 138 valence electrons. The summed E-state index contributed by atoms with van der Waals surface area (Å²) in [6.07, 6.45) is 0. The molecule has 26 heavy (non-hydrogen) atoms. The van der Waals surface area contributed by atoms with Gasteiger partial charge >= 0.3 is 11.7 Å². The number of nitrogen functional groups attached to an aromatic ring is 1. The third-order valence-electron chi connectivity index (χ3n) is 3.51. The largest absolute Gasteiger partial charge is 0.482 e. The number of carbonyl (C=O) groups is 2.